The van der Waals surface area contributed by atoms with Crippen LogP contribution >= 0.6 is 0 Å². The number of fused-ring (bicyclic) bond motifs is 9. The Morgan fingerprint density at radius 3 is 1.49 bits per heavy atom. The van der Waals surface area contributed by atoms with Crippen molar-refractivity contribution in [3.05, 3.63) is 174 Å². The number of ether oxygens (including phenoxy) is 1. The van der Waals surface area contributed by atoms with Gasteiger partial charge >= 0.3 is 0 Å². The first-order valence-corrected chi connectivity index (χ1v) is 13.4. The van der Waals surface area contributed by atoms with Crippen LogP contribution in [-0.4, -0.2) is 0 Å². The van der Waals surface area contributed by atoms with Crippen molar-refractivity contribution in [1.82, 2.24) is 0 Å². The highest BCUT2D eigenvalue weighted by atomic mass is 16.5. The van der Waals surface area contributed by atoms with Crippen molar-refractivity contribution in [2.45, 2.75) is 5.41 Å². The molecule has 184 valence electrons. The van der Waals surface area contributed by atoms with Gasteiger partial charge in [0.25, 0.3) is 0 Å². The van der Waals surface area contributed by atoms with E-state index >= 15 is 0 Å². The number of anilines is 3. The first-order chi connectivity index (χ1) is 19.4. The van der Waals surface area contributed by atoms with Crippen molar-refractivity contribution in [2.75, 3.05) is 4.90 Å². The van der Waals surface area contributed by atoms with Gasteiger partial charge in [0.05, 0.1) is 5.41 Å². The number of para-hydroxylation sites is 3. The van der Waals surface area contributed by atoms with Crippen LogP contribution in [-0.2, 0) is 5.41 Å². The molecule has 0 unspecified atom stereocenters. The average molecular weight is 500 g/mol. The van der Waals surface area contributed by atoms with Crippen molar-refractivity contribution >= 4 is 17.1 Å². The third kappa shape index (κ3) is 3.09. The molecule has 0 amide bonds. The van der Waals surface area contributed by atoms with Gasteiger partial charge in [-0.1, -0.05) is 109 Å². The van der Waals surface area contributed by atoms with E-state index < -0.39 is 5.41 Å². The molecule has 0 fully saturated rings. The highest BCUT2D eigenvalue weighted by Crippen LogP contribution is 2.62. The summed E-state index contributed by atoms with van der Waals surface area (Å²) in [4.78, 5) is 2.29. The third-order valence-electron chi connectivity index (χ3n) is 8.12. The molecule has 0 radical (unpaired) electrons. The number of hydrogen-bond acceptors (Lipinski definition) is 2. The maximum atomic E-state index is 6.73. The van der Waals surface area contributed by atoms with Crippen LogP contribution in [0.2, 0.25) is 0 Å². The van der Waals surface area contributed by atoms with Crippen LogP contribution in [0.15, 0.2) is 152 Å². The highest BCUT2D eigenvalue weighted by molar-refractivity contribution is 5.89. The molecule has 39 heavy (non-hydrogen) atoms. The van der Waals surface area contributed by atoms with Gasteiger partial charge in [0.1, 0.15) is 11.5 Å². The van der Waals surface area contributed by atoms with Crippen molar-refractivity contribution in [3.63, 3.8) is 0 Å². The molecule has 6 aromatic rings. The standard InChI is InChI=1S/C37H25NO/c1-3-13-26(14-4-1)38(27-15-5-2-6-16-27)28-23-24-34-36(25-28)39-35-22-12-11-21-33(35)37(34)31-19-9-7-17-29(31)30-18-8-10-20-32(30)37/h1-25H. The minimum absolute atomic E-state index is 0.444. The molecule has 2 heteroatoms. The Morgan fingerprint density at radius 2 is 0.872 bits per heavy atom. The first-order valence-electron chi connectivity index (χ1n) is 13.4. The van der Waals surface area contributed by atoms with Crippen LogP contribution in [0.1, 0.15) is 22.3 Å². The van der Waals surface area contributed by atoms with Crippen LogP contribution in [0, 0.1) is 0 Å². The fourth-order valence-corrected chi connectivity index (χ4v) is 6.59. The van der Waals surface area contributed by atoms with Crippen molar-refractivity contribution in [1.29, 1.82) is 0 Å². The Kier molecular flexibility index (Phi) is 4.77. The zero-order valence-electron chi connectivity index (χ0n) is 21.3. The summed E-state index contributed by atoms with van der Waals surface area (Å²) in [6.07, 6.45) is 0. The zero-order valence-corrected chi connectivity index (χ0v) is 21.3. The lowest BCUT2D eigenvalue weighted by Gasteiger charge is -2.40. The van der Waals surface area contributed by atoms with Crippen molar-refractivity contribution < 1.29 is 4.74 Å². The minimum Gasteiger partial charge on any atom is -0.457 e. The van der Waals surface area contributed by atoms with Crippen molar-refractivity contribution in [3.8, 4) is 22.6 Å². The summed E-state index contributed by atoms with van der Waals surface area (Å²) < 4.78 is 6.73. The quantitative estimate of drug-likeness (QED) is 0.240. The normalized spacial score (nSPS) is 13.5. The molecule has 2 nitrogen and oxygen atoms in total. The van der Waals surface area contributed by atoms with Crippen LogP contribution in [0.25, 0.3) is 11.1 Å². The first kappa shape index (κ1) is 22.0. The molecule has 1 aliphatic heterocycles. The largest absolute Gasteiger partial charge is 0.457 e. The SMILES string of the molecule is c1ccc(N(c2ccccc2)c2ccc3c(c2)Oc2ccccc2C32c3ccccc3-c3ccccc32)cc1. The summed E-state index contributed by atoms with van der Waals surface area (Å²) in [7, 11) is 0. The average Bonchev–Trinajstić information content (AvgIpc) is 3.29. The van der Waals surface area contributed by atoms with Crippen LogP contribution in [0.4, 0.5) is 17.1 Å². The van der Waals surface area contributed by atoms with Gasteiger partial charge in [0.15, 0.2) is 0 Å². The minimum atomic E-state index is -0.444. The fraction of sp³-hybridized carbons (Fsp3) is 0.0270. The molecule has 0 bridgehead atoms. The highest BCUT2D eigenvalue weighted by Gasteiger charge is 2.50. The Morgan fingerprint density at radius 1 is 0.385 bits per heavy atom. The Balaban J connectivity index is 1.41. The molecule has 2 aliphatic rings. The van der Waals surface area contributed by atoms with Crippen LogP contribution in [0.3, 0.4) is 0 Å². The molecule has 0 saturated carbocycles. The Bertz CT molecular complexity index is 1760. The van der Waals surface area contributed by atoms with Gasteiger partial charge < -0.3 is 9.64 Å². The second-order valence-electron chi connectivity index (χ2n) is 10.1. The van der Waals surface area contributed by atoms with Gasteiger partial charge in [0.2, 0.25) is 0 Å². The monoisotopic (exact) mass is 499 g/mol. The van der Waals surface area contributed by atoms with E-state index in [-0.39, 0.29) is 0 Å². The summed E-state index contributed by atoms with van der Waals surface area (Å²) in [5.74, 6) is 1.79. The molecule has 1 spiro atoms. The lowest BCUT2D eigenvalue weighted by molar-refractivity contribution is 0.436. The van der Waals surface area contributed by atoms with E-state index in [9.17, 15) is 0 Å². The van der Waals surface area contributed by atoms with Crippen LogP contribution in [0.5, 0.6) is 11.5 Å². The van der Waals surface area contributed by atoms with Gasteiger partial charge in [-0.15, -0.1) is 0 Å². The molecule has 8 rings (SSSR count). The molecule has 0 aromatic heterocycles. The van der Waals surface area contributed by atoms with Gasteiger partial charge in [-0.05, 0) is 58.7 Å². The molecule has 0 N–H and O–H groups in total. The second-order valence-corrected chi connectivity index (χ2v) is 10.1. The summed E-state index contributed by atoms with van der Waals surface area (Å²) in [5.41, 5.74) is 10.4. The summed E-state index contributed by atoms with van der Waals surface area (Å²) in [5, 5.41) is 0. The van der Waals surface area contributed by atoms with E-state index in [1.807, 2.05) is 0 Å². The Labute approximate surface area is 228 Å². The van der Waals surface area contributed by atoms with E-state index in [4.69, 9.17) is 4.74 Å². The summed E-state index contributed by atoms with van der Waals surface area (Å²) in [6, 6.07) is 53.9. The maximum absolute atomic E-state index is 6.73. The van der Waals surface area contributed by atoms with Gasteiger partial charge in [-0.3, -0.25) is 0 Å². The predicted octanol–water partition coefficient (Wildman–Crippen LogP) is 9.63. The number of rotatable bonds is 3. The van der Waals surface area contributed by atoms with Crippen molar-refractivity contribution in [2.24, 2.45) is 0 Å². The molecule has 0 saturated heterocycles. The van der Waals surface area contributed by atoms with E-state index in [1.165, 1.54) is 33.4 Å². The third-order valence-corrected chi connectivity index (χ3v) is 8.12. The van der Waals surface area contributed by atoms with Gasteiger partial charge in [-0.25, -0.2) is 0 Å². The second kappa shape index (κ2) is 8.47. The zero-order chi connectivity index (χ0) is 25.8. The topological polar surface area (TPSA) is 12.5 Å². The van der Waals surface area contributed by atoms with Gasteiger partial charge in [-0.2, -0.15) is 0 Å². The fourth-order valence-electron chi connectivity index (χ4n) is 6.59. The molecule has 1 aliphatic carbocycles. The lowest BCUT2D eigenvalue weighted by atomic mass is 9.66. The summed E-state index contributed by atoms with van der Waals surface area (Å²) >= 11 is 0. The molecule has 6 aromatic carbocycles. The smallest absolute Gasteiger partial charge is 0.134 e. The Hall–Kier alpha value is -5.08. The molecule has 0 atom stereocenters. The molecular formula is C37H25NO. The number of hydrogen-bond donors (Lipinski definition) is 0. The molecule has 1 heterocycles. The van der Waals surface area contributed by atoms with E-state index in [0.29, 0.717) is 0 Å². The van der Waals surface area contributed by atoms with E-state index in [0.717, 1.165) is 28.6 Å². The maximum Gasteiger partial charge on any atom is 0.134 e. The number of nitrogens with zero attached hydrogens (tertiary/aromatic N) is 1. The van der Waals surface area contributed by atoms with E-state index in [1.54, 1.807) is 0 Å². The van der Waals surface area contributed by atoms with Crippen LogP contribution < -0.4 is 9.64 Å². The number of benzene rings is 6. The predicted molar refractivity (Wildman–Crippen MR) is 159 cm³/mol. The lowest BCUT2D eigenvalue weighted by Crippen LogP contribution is -2.32. The van der Waals surface area contributed by atoms with Gasteiger partial charge in [0, 0.05) is 34.3 Å². The summed E-state index contributed by atoms with van der Waals surface area (Å²) in [6.45, 7) is 0. The van der Waals surface area contributed by atoms with E-state index in [2.05, 4.69) is 157 Å². The molecular weight excluding hydrogens is 474 g/mol.